The second-order valence-corrected chi connectivity index (χ2v) is 7.22. The minimum absolute atomic E-state index is 0.0580. The molecule has 0 aliphatic heterocycles. The number of aliphatic hydroxyl groups excluding tert-OH is 4. The second kappa shape index (κ2) is 9.29. The highest BCUT2D eigenvalue weighted by molar-refractivity contribution is 5.89. The van der Waals surface area contributed by atoms with E-state index in [1.165, 1.54) is 6.08 Å². The molecule has 5 N–H and O–H groups in total. The summed E-state index contributed by atoms with van der Waals surface area (Å²) in [5.41, 5.74) is -1.38. The Labute approximate surface area is 163 Å². The Morgan fingerprint density at radius 1 is 1.29 bits per heavy atom. The number of carbonyl (C=O) groups is 2. The number of ether oxygens (including phenoxy) is 1. The Hall–Kier alpha value is -2.26. The van der Waals surface area contributed by atoms with E-state index in [1.807, 2.05) is 0 Å². The van der Waals surface area contributed by atoms with Gasteiger partial charge in [-0.15, -0.1) is 6.58 Å². The highest BCUT2D eigenvalue weighted by Gasteiger charge is 2.53. The van der Waals surface area contributed by atoms with Gasteiger partial charge in [0.15, 0.2) is 0 Å². The Balaban J connectivity index is 3.35. The van der Waals surface area contributed by atoms with Crippen LogP contribution in [0, 0.1) is 17.3 Å². The van der Waals surface area contributed by atoms with Crippen molar-refractivity contribution in [2.45, 2.75) is 31.7 Å². The molecule has 8 nitrogen and oxygen atoms in total. The van der Waals surface area contributed by atoms with Gasteiger partial charge >= 0.3 is 11.9 Å². The molecule has 0 radical (unpaired) electrons. The summed E-state index contributed by atoms with van der Waals surface area (Å²) in [5, 5.41) is 48.4. The van der Waals surface area contributed by atoms with E-state index < -0.39 is 66.3 Å². The maximum atomic E-state index is 12.3. The summed E-state index contributed by atoms with van der Waals surface area (Å²) >= 11 is 0. The molecule has 156 valence electrons. The van der Waals surface area contributed by atoms with E-state index in [-0.39, 0.29) is 17.6 Å². The number of hydrogen-bond acceptors (Lipinski definition) is 7. The first-order chi connectivity index (χ1) is 12.9. The molecular formula is C20H28O8. The zero-order chi connectivity index (χ0) is 21.8. The quantitative estimate of drug-likeness (QED) is 0.211. The molecule has 8 heteroatoms. The third-order valence-corrected chi connectivity index (χ3v) is 5.34. The van der Waals surface area contributed by atoms with E-state index in [9.17, 15) is 30.0 Å². The largest absolute Gasteiger partial charge is 0.478 e. The van der Waals surface area contributed by atoms with Crippen LogP contribution >= 0.6 is 0 Å². The zero-order valence-electron chi connectivity index (χ0n) is 15.9. The molecule has 0 aromatic heterocycles. The van der Waals surface area contributed by atoms with Crippen molar-refractivity contribution in [2.75, 3.05) is 13.2 Å². The molecule has 1 rings (SSSR count). The minimum Gasteiger partial charge on any atom is -0.478 e. The summed E-state index contributed by atoms with van der Waals surface area (Å²) in [5.74, 6) is -4.36. The first-order valence-corrected chi connectivity index (χ1v) is 8.66. The molecule has 0 aromatic carbocycles. The normalized spacial score (nSPS) is 30.8. The summed E-state index contributed by atoms with van der Waals surface area (Å²) in [6.45, 7) is 14.9. The Kier molecular flexibility index (Phi) is 7.89. The smallest absolute Gasteiger partial charge is 0.336 e. The van der Waals surface area contributed by atoms with E-state index in [1.54, 1.807) is 6.92 Å². The van der Waals surface area contributed by atoms with Crippen molar-refractivity contribution >= 4 is 11.9 Å². The van der Waals surface area contributed by atoms with Gasteiger partial charge in [0.1, 0.15) is 12.2 Å². The van der Waals surface area contributed by atoms with Gasteiger partial charge in [-0.3, -0.25) is 0 Å². The van der Waals surface area contributed by atoms with Crippen LogP contribution in [0.3, 0.4) is 0 Å². The lowest BCUT2D eigenvalue weighted by atomic mass is 9.58. The van der Waals surface area contributed by atoms with Gasteiger partial charge in [0.25, 0.3) is 0 Å². The average molecular weight is 396 g/mol. The Bertz CT molecular complexity index is 682. The third kappa shape index (κ3) is 4.59. The first kappa shape index (κ1) is 23.8. The SMILES string of the molecule is C=C[C@]1(C)C[C@H](OC(=O)C(=C)[C@H](O)CO)[C@H](C(=C)C(=O)O)[C@@H](O)[C@H]1C(=C)CO. The predicted molar refractivity (Wildman–Crippen MR) is 101 cm³/mol. The summed E-state index contributed by atoms with van der Waals surface area (Å²) in [7, 11) is 0. The van der Waals surface area contributed by atoms with Crippen LogP contribution in [0.1, 0.15) is 13.3 Å². The number of hydrogen-bond donors (Lipinski definition) is 5. The number of carboxylic acid groups (broad SMARTS) is 1. The van der Waals surface area contributed by atoms with E-state index in [0.717, 1.165) is 0 Å². The van der Waals surface area contributed by atoms with E-state index >= 15 is 0 Å². The molecule has 0 saturated heterocycles. The number of rotatable bonds is 9. The van der Waals surface area contributed by atoms with Gasteiger partial charge in [0, 0.05) is 11.5 Å². The molecule has 0 heterocycles. The van der Waals surface area contributed by atoms with Crippen molar-refractivity contribution in [3.05, 3.63) is 49.1 Å². The lowest BCUT2D eigenvalue weighted by Crippen LogP contribution is -2.54. The van der Waals surface area contributed by atoms with Crippen LogP contribution in [-0.4, -0.2) is 69.0 Å². The summed E-state index contributed by atoms with van der Waals surface area (Å²) in [6, 6.07) is 0. The molecule has 0 unspecified atom stereocenters. The monoisotopic (exact) mass is 396 g/mol. The molecule has 0 spiro atoms. The highest BCUT2D eigenvalue weighted by atomic mass is 16.5. The molecule has 28 heavy (non-hydrogen) atoms. The number of allylic oxidation sites excluding steroid dienone is 1. The maximum absolute atomic E-state index is 12.3. The van der Waals surface area contributed by atoms with Crippen LogP contribution in [-0.2, 0) is 14.3 Å². The fourth-order valence-electron chi connectivity index (χ4n) is 3.67. The third-order valence-electron chi connectivity index (χ3n) is 5.34. The fourth-order valence-corrected chi connectivity index (χ4v) is 3.67. The van der Waals surface area contributed by atoms with Crippen molar-refractivity contribution in [2.24, 2.45) is 17.3 Å². The average Bonchev–Trinajstić information content (AvgIpc) is 2.65. The summed E-state index contributed by atoms with van der Waals surface area (Å²) in [6.07, 6.45) is -2.45. The molecule has 1 aliphatic rings. The van der Waals surface area contributed by atoms with Crippen LogP contribution in [0.15, 0.2) is 49.1 Å². The number of carbonyl (C=O) groups excluding carboxylic acids is 1. The molecule has 0 aromatic rings. The number of aliphatic hydroxyl groups is 4. The topological polar surface area (TPSA) is 145 Å². The van der Waals surface area contributed by atoms with Crippen molar-refractivity contribution in [1.82, 2.24) is 0 Å². The number of aliphatic carboxylic acids is 1. The van der Waals surface area contributed by atoms with Gasteiger partial charge in [-0.25, -0.2) is 9.59 Å². The maximum Gasteiger partial charge on any atom is 0.336 e. The lowest BCUT2D eigenvalue weighted by molar-refractivity contribution is -0.162. The van der Waals surface area contributed by atoms with Crippen LogP contribution < -0.4 is 0 Å². The second-order valence-electron chi connectivity index (χ2n) is 7.22. The van der Waals surface area contributed by atoms with Gasteiger partial charge in [-0.05, 0) is 17.4 Å². The highest BCUT2D eigenvalue weighted by Crippen LogP contribution is 2.50. The molecule has 0 amide bonds. The van der Waals surface area contributed by atoms with E-state index in [4.69, 9.17) is 9.84 Å². The van der Waals surface area contributed by atoms with Crippen LogP contribution in [0.4, 0.5) is 0 Å². The van der Waals surface area contributed by atoms with E-state index in [0.29, 0.717) is 0 Å². The van der Waals surface area contributed by atoms with Gasteiger partial charge < -0.3 is 30.3 Å². The molecule has 0 bridgehead atoms. The molecule has 1 saturated carbocycles. The van der Waals surface area contributed by atoms with E-state index in [2.05, 4.69) is 26.3 Å². The molecule has 6 atom stereocenters. The van der Waals surface area contributed by atoms with Crippen molar-refractivity contribution in [3.8, 4) is 0 Å². The summed E-state index contributed by atoms with van der Waals surface area (Å²) in [4.78, 5) is 23.8. The van der Waals surface area contributed by atoms with Crippen molar-refractivity contribution in [3.63, 3.8) is 0 Å². The van der Waals surface area contributed by atoms with Crippen LogP contribution in [0.2, 0.25) is 0 Å². The van der Waals surface area contributed by atoms with Crippen molar-refractivity contribution in [1.29, 1.82) is 0 Å². The Morgan fingerprint density at radius 2 is 1.86 bits per heavy atom. The first-order valence-electron chi connectivity index (χ1n) is 8.66. The van der Waals surface area contributed by atoms with Crippen molar-refractivity contribution < 1.29 is 39.9 Å². The lowest BCUT2D eigenvalue weighted by Gasteiger charge is -2.50. The van der Waals surface area contributed by atoms with Gasteiger partial charge in [0.2, 0.25) is 0 Å². The predicted octanol–water partition coefficient (Wildman–Crippen LogP) is 0.186. The van der Waals surface area contributed by atoms with Gasteiger partial charge in [-0.2, -0.15) is 0 Å². The van der Waals surface area contributed by atoms with Gasteiger partial charge in [-0.1, -0.05) is 32.7 Å². The minimum atomic E-state index is -1.53. The Morgan fingerprint density at radius 3 is 2.29 bits per heavy atom. The zero-order valence-corrected chi connectivity index (χ0v) is 15.9. The van der Waals surface area contributed by atoms with Gasteiger partial charge in [0.05, 0.1) is 30.8 Å². The standard InChI is InChI=1S/C20H28O8/c1-6-20(5)7-14(28-19(27)11(3)13(23)9-22)15(12(4)18(25)26)17(24)16(20)10(2)8-21/h6,13-17,21-24H,1-4,7-9H2,5H3,(H,25,26)/t13-,14+,15+,16-,17-,20-/m1/s1. The summed E-state index contributed by atoms with van der Waals surface area (Å²) < 4.78 is 5.36. The van der Waals surface area contributed by atoms with Crippen LogP contribution in [0.25, 0.3) is 0 Å². The number of carboxylic acids is 1. The molecule has 1 aliphatic carbocycles. The number of esters is 1. The fraction of sp³-hybridized carbons (Fsp3) is 0.500. The van der Waals surface area contributed by atoms with Crippen LogP contribution in [0.5, 0.6) is 0 Å². The molecule has 1 fully saturated rings. The molecular weight excluding hydrogens is 368 g/mol.